The summed E-state index contributed by atoms with van der Waals surface area (Å²) in [5.74, 6) is 1.31. The fraction of sp³-hybridized carbons (Fsp3) is 0.118. The van der Waals surface area contributed by atoms with Crippen LogP contribution < -0.4 is 10.1 Å². The highest BCUT2D eigenvalue weighted by Gasteiger charge is 2.05. The Kier molecular flexibility index (Phi) is 3.62. The van der Waals surface area contributed by atoms with E-state index in [0.717, 1.165) is 11.4 Å². The summed E-state index contributed by atoms with van der Waals surface area (Å²) in [7, 11) is 1.67. The highest BCUT2D eigenvalue weighted by Crippen LogP contribution is 2.35. The van der Waals surface area contributed by atoms with Crippen LogP contribution in [0.5, 0.6) is 5.75 Å². The Morgan fingerprint density at radius 1 is 1.10 bits per heavy atom. The molecular formula is C17H16N2OS. The normalized spacial score (nSPS) is 10.6. The molecule has 0 aliphatic rings. The van der Waals surface area contributed by atoms with Crippen molar-refractivity contribution in [2.75, 3.05) is 12.4 Å². The van der Waals surface area contributed by atoms with Gasteiger partial charge < -0.3 is 10.1 Å². The van der Waals surface area contributed by atoms with Crippen LogP contribution in [0.3, 0.4) is 0 Å². The van der Waals surface area contributed by atoms with Crippen molar-refractivity contribution in [1.82, 2.24) is 0 Å². The second-order valence-corrected chi connectivity index (χ2v) is 5.93. The van der Waals surface area contributed by atoms with Crippen LogP contribution in [0.4, 0.5) is 5.69 Å². The first-order valence-electron chi connectivity index (χ1n) is 6.66. The quantitative estimate of drug-likeness (QED) is 0.528. The summed E-state index contributed by atoms with van der Waals surface area (Å²) in [6, 6.07) is 16.5. The summed E-state index contributed by atoms with van der Waals surface area (Å²) < 4.78 is 6.44. The number of thiophene rings is 1. The number of nitrogens with one attached hydrogen (secondary N) is 2. The number of methoxy groups -OCH3 is 1. The summed E-state index contributed by atoms with van der Waals surface area (Å²) in [5.41, 5.74) is 2.14. The average Bonchev–Trinajstić information content (AvgIpc) is 2.90. The van der Waals surface area contributed by atoms with E-state index in [0.29, 0.717) is 5.84 Å². The molecule has 21 heavy (non-hydrogen) atoms. The first kappa shape index (κ1) is 13.6. The number of benzene rings is 2. The SMILES string of the molecule is COc1ccc(-c2cc3cc(NC(C)=N)ccc3s2)cc1. The Morgan fingerprint density at radius 2 is 1.86 bits per heavy atom. The molecule has 1 aromatic heterocycles. The average molecular weight is 296 g/mol. The molecule has 0 amide bonds. The summed E-state index contributed by atoms with van der Waals surface area (Å²) >= 11 is 1.77. The molecule has 3 nitrogen and oxygen atoms in total. The standard InChI is InChI=1S/C17H16N2OS/c1-11(18)19-14-5-8-16-13(9-14)10-17(21-16)12-3-6-15(20-2)7-4-12/h3-10H,1-2H3,(H2,18,19). The van der Waals surface area contributed by atoms with Crippen LogP contribution >= 0.6 is 11.3 Å². The zero-order valence-electron chi connectivity index (χ0n) is 11.9. The van der Waals surface area contributed by atoms with Crippen LogP contribution in [0.25, 0.3) is 20.5 Å². The summed E-state index contributed by atoms with van der Waals surface area (Å²) in [6.07, 6.45) is 0. The number of ether oxygens (including phenoxy) is 1. The monoisotopic (exact) mass is 296 g/mol. The topological polar surface area (TPSA) is 45.1 Å². The number of anilines is 1. The third kappa shape index (κ3) is 2.90. The molecular weight excluding hydrogens is 280 g/mol. The highest BCUT2D eigenvalue weighted by atomic mass is 32.1. The van der Waals surface area contributed by atoms with E-state index in [2.05, 4.69) is 35.6 Å². The minimum Gasteiger partial charge on any atom is -0.497 e. The van der Waals surface area contributed by atoms with Gasteiger partial charge in [-0.25, -0.2) is 0 Å². The molecule has 3 rings (SSSR count). The van der Waals surface area contributed by atoms with Crippen molar-refractivity contribution >= 4 is 32.9 Å². The highest BCUT2D eigenvalue weighted by molar-refractivity contribution is 7.22. The molecule has 0 bridgehead atoms. The smallest absolute Gasteiger partial charge is 0.118 e. The number of amidine groups is 1. The van der Waals surface area contributed by atoms with Gasteiger partial charge in [-0.1, -0.05) is 0 Å². The van der Waals surface area contributed by atoms with Gasteiger partial charge in [-0.05, 0) is 66.4 Å². The molecule has 0 unspecified atom stereocenters. The van der Waals surface area contributed by atoms with Gasteiger partial charge in [0.1, 0.15) is 5.75 Å². The van der Waals surface area contributed by atoms with E-state index in [-0.39, 0.29) is 0 Å². The summed E-state index contributed by atoms with van der Waals surface area (Å²) in [5, 5.41) is 11.7. The molecule has 0 radical (unpaired) electrons. The van der Waals surface area contributed by atoms with Crippen molar-refractivity contribution in [2.24, 2.45) is 0 Å². The molecule has 106 valence electrons. The van der Waals surface area contributed by atoms with Crippen molar-refractivity contribution in [2.45, 2.75) is 6.92 Å². The maximum absolute atomic E-state index is 7.50. The van der Waals surface area contributed by atoms with E-state index in [1.54, 1.807) is 25.4 Å². The number of hydrogen-bond acceptors (Lipinski definition) is 3. The van der Waals surface area contributed by atoms with Crippen LogP contribution in [-0.2, 0) is 0 Å². The lowest BCUT2D eigenvalue weighted by molar-refractivity contribution is 0.415. The van der Waals surface area contributed by atoms with Crippen molar-refractivity contribution in [1.29, 1.82) is 5.41 Å². The minimum atomic E-state index is 0.444. The Bertz CT molecular complexity index is 790. The predicted octanol–water partition coefficient (Wildman–Crippen LogP) is 4.99. The minimum absolute atomic E-state index is 0.444. The molecule has 3 aromatic rings. The molecule has 0 aliphatic heterocycles. The Morgan fingerprint density at radius 3 is 2.52 bits per heavy atom. The van der Waals surface area contributed by atoms with E-state index in [9.17, 15) is 0 Å². The lowest BCUT2D eigenvalue weighted by Gasteiger charge is -2.02. The Labute approximate surface area is 127 Å². The van der Waals surface area contributed by atoms with E-state index in [1.807, 2.05) is 18.2 Å². The first-order valence-corrected chi connectivity index (χ1v) is 7.47. The van der Waals surface area contributed by atoms with Crippen molar-refractivity contribution in [3.05, 3.63) is 48.5 Å². The molecule has 0 spiro atoms. The second-order valence-electron chi connectivity index (χ2n) is 4.84. The molecule has 1 heterocycles. The van der Waals surface area contributed by atoms with Crippen LogP contribution in [-0.4, -0.2) is 12.9 Å². The number of hydrogen-bond donors (Lipinski definition) is 2. The predicted molar refractivity (Wildman–Crippen MR) is 90.8 cm³/mol. The van der Waals surface area contributed by atoms with Crippen LogP contribution in [0.15, 0.2) is 48.5 Å². The molecule has 0 atom stereocenters. The molecule has 0 saturated heterocycles. The lowest BCUT2D eigenvalue weighted by atomic mass is 10.1. The zero-order chi connectivity index (χ0) is 14.8. The zero-order valence-corrected chi connectivity index (χ0v) is 12.8. The van der Waals surface area contributed by atoms with E-state index < -0.39 is 0 Å². The van der Waals surface area contributed by atoms with Crippen molar-refractivity contribution < 1.29 is 4.74 Å². The largest absolute Gasteiger partial charge is 0.497 e. The first-order chi connectivity index (χ1) is 10.2. The second kappa shape index (κ2) is 5.58. The third-order valence-corrected chi connectivity index (χ3v) is 4.39. The van der Waals surface area contributed by atoms with Gasteiger partial charge in [0, 0.05) is 15.3 Å². The van der Waals surface area contributed by atoms with Gasteiger partial charge in [-0.3, -0.25) is 5.41 Å². The van der Waals surface area contributed by atoms with E-state index in [4.69, 9.17) is 10.1 Å². The van der Waals surface area contributed by atoms with Gasteiger partial charge in [0.25, 0.3) is 0 Å². The number of fused-ring (bicyclic) bond motifs is 1. The summed E-state index contributed by atoms with van der Waals surface area (Å²) in [6.45, 7) is 1.74. The van der Waals surface area contributed by atoms with Crippen LogP contribution in [0.1, 0.15) is 6.92 Å². The maximum Gasteiger partial charge on any atom is 0.118 e. The Hall–Kier alpha value is -2.33. The molecule has 0 aliphatic carbocycles. The number of rotatable bonds is 3. The van der Waals surface area contributed by atoms with E-state index in [1.165, 1.54) is 20.5 Å². The van der Waals surface area contributed by atoms with Crippen LogP contribution in [0, 0.1) is 5.41 Å². The fourth-order valence-corrected chi connectivity index (χ4v) is 3.28. The van der Waals surface area contributed by atoms with Gasteiger partial charge in [0.2, 0.25) is 0 Å². The molecule has 0 fully saturated rings. The molecule has 2 N–H and O–H groups in total. The van der Waals surface area contributed by atoms with Crippen LogP contribution in [0.2, 0.25) is 0 Å². The third-order valence-electron chi connectivity index (χ3n) is 3.22. The molecule has 0 saturated carbocycles. The van der Waals surface area contributed by atoms with Crippen molar-refractivity contribution in [3.8, 4) is 16.2 Å². The van der Waals surface area contributed by atoms with Gasteiger partial charge >= 0.3 is 0 Å². The van der Waals surface area contributed by atoms with Gasteiger partial charge in [-0.2, -0.15) is 0 Å². The van der Waals surface area contributed by atoms with E-state index >= 15 is 0 Å². The molecule has 2 aromatic carbocycles. The van der Waals surface area contributed by atoms with Crippen molar-refractivity contribution in [3.63, 3.8) is 0 Å². The lowest BCUT2D eigenvalue weighted by Crippen LogP contribution is -2.04. The molecule has 4 heteroatoms. The maximum atomic E-state index is 7.50. The van der Waals surface area contributed by atoms with Gasteiger partial charge in [-0.15, -0.1) is 11.3 Å². The van der Waals surface area contributed by atoms with Gasteiger partial charge in [0.05, 0.1) is 12.9 Å². The van der Waals surface area contributed by atoms with Gasteiger partial charge in [0.15, 0.2) is 0 Å². The Balaban J connectivity index is 1.97. The summed E-state index contributed by atoms with van der Waals surface area (Å²) in [4.78, 5) is 1.23. The fourth-order valence-electron chi connectivity index (χ4n) is 2.24.